The number of hydroxylamine groups is 2. The number of carbonyl (C=O) groups excluding carboxylic acids is 1. The first-order valence-electron chi connectivity index (χ1n) is 3.71. The van der Waals surface area contributed by atoms with E-state index in [4.69, 9.17) is 10.6 Å². The Morgan fingerprint density at radius 3 is 2.64 bits per heavy atom. The number of nitrogens with zero attached hydrogens (tertiary/aromatic N) is 1. The molecule has 2 unspecified atom stereocenters. The predicted octanol–water partition coefficient (Wildman–Crippen LogP) is 0.399. The molecule has 0 aromatic heterocycles. The van der Waals surface area contributed by atoms with Crippen LogP contribution in [-0.2, 0) is 4.84 Å². The van der Waals surface area contributed by atoms with Crippen molar-refractivity contribution in [1.29, 1.82) is 0 Å². The van der Waals surface area contributed by atoms with E-state index in [2.05, 4.69) is 0 Å². The van der Waals surface area contributed by atoms with Crippen LogP contribution in [-0.4, -0.2) is 23.2 Å². The van der Waals surface area contributed by atoms with Crippen molar-refractivity contribution in [3.05, 3.63) is 12.2 Å². The number of nitrogens with two attached hydrogens (primary N) is 1. The number of urea groups is 1. The van der Waals surface area contributed by atoms with Crippen molar-refractivity contribution in [3.63, 3.8) is 0 Å². The molecule has 1 aliphatic carbocycles. The first-order chi connectivity index (χ1) is 5.27. The van der Waals surface area contributed by atoms with Gasteiger partial charge in [0.2, 0.25) is 0 Å². The summed E-state index contributed by atoms with van der Waals surface area (Å²) >= 11 is 0. The third kappa shape index (κ3) is 0.991. The molecule has 4 heteroatoms. The summed E-state index contributed by atoms with van der Waals surface area (Å²) in [5.41, 5.74) is 5.08. The van der Waals surface area contributed by atoms with Gasteiger partial charge >= 0.3 is 6.03 Å². The van der Waals surface area contributed by atoms with Gasteiger partial charge in [0, 0.05) is 0 Å². The SMILES string of the molecule is NC(=O)N1OC2C=CC1CC2. The van der Waals surface area contributed by atoms with E-state index in [-0.39, 0.29) is 12.1 Å². The monoisotopic (exact) mass is 154 g/mol. The van der Waals surface area contributed by atoms with E-state index in [0.29, 0.717) is 0 Å². The van der Waals surface area contributed by atoms with Crippen LogP contribution in [0.4, 0.5) is 4.79 Å². The smallest absolute Gasteiger partial charge is 0.339 e. The standard InChI is InChI=1S/C7H10N2O2/c8-7(10)9-5-1-3-6(11-9)4-2-5/h1,3,5-6H,2,4H2,(H2,8,10). The molecule has 1 fully saturated rings. The van der Waals surface area contributed by atoms with E-state index in [1.807, 2.05) is 12.2 Å². The fraction of sp³-hybridized carbons (Fsp3) is 0.571. The number of primary amides is 1. The van der Waals surface area contributed by atoms with E-state index >= 15 is 0 Å². The number of hydrogen-bond acceptors (Lipinski definition) is 2. The zero-order valence-electron chi connectivity index (χ0n) is 6.06. The zero-order valence-corrected chi connectivity index (χ0v) is 6.06. The first kappa shape index (κ1) is 6.67. The number of amides is 2. The van der Waals surface area contributed by atoms with Gasteiger partial charge in [-0.3, -0.25) is 4.84 Å². The average Bonchev–Trinajstić information content (AvgIpc) is 2.06. The summed E-state index contributed by atoms with van der Waals surface area (Å²) in [6.45, 7) is 0. The fourth-order valence-electron chi connectivity index (χ4n) is 1.50. The van der Waals surface area contributed by atoms with Gasteiger partial charge in [-0.2, -0.15) is 5.06 Å². The Kier molecular flexibility index (Phi) is 1.35. The molecule has 2 N–H and O–H groups in total. The summed E-state index contributed by atoms with van der Waals surface area (Å²) in [6, 6.07) is -0.429. The molecule has 3 rings (SSSR count). The minimum Gasteiger partial charge on any atom is -0.350 e. The predicted molar refractivity (Wildman–Crippen MR) is 38.5 cm³/mol. The molecule has 0 aromatic carbocycles. The number of rotatable bonds is 0. The van der Waals surface area contributed by atoms with Crippen LogP contribution >= 0.6 is 0 Å². The van der Waals surface area contributed by atoms with E-state index in [1.165, 1.54) is 5.06 Å². The minimum atomic E-state index is -0.496. The highest BCUT2D eigenvalue weighted by Crippen LogP contribution is 2.26. The van der Waals surface area contributed by atoms with Crippen LogP contribution in [0.25, 0.3) is 0 Å². The average molecular weight is 154 g/mol. The van der Waals surface area contributed by atoms with Crippen molar-refractivity contribution in [2.24, 2.45) is 5.73 Å². The summed E-state index contributed by atoms with van der Waals surface area (Å²) in [6.07, 6.45) is 5.97. The van der Waals surface area contributed by atoms with Gasteiger partial charge in [0.15, 0.2) is 0 Å². The maximum absolute atomic E-state index is 10.7. The molecule has 0 spiro atoms. The summed E-state index contributed by atoms with van der Waals surface area (Å²) in [7, 11) is 0. The molecule has 11 heavy (non-hydrogen) atoms. The van der Waals surface area contributed by atoms with Crippen molar-refractivity contribution in [2.75, 3.05) is 0 Å². The minimum absolute atomic E-state index is 0.0625. The number of fused-ring (bicyclic) bond motifs is 2. The van der Waals surface area contributed by atoms with Gasteiger partial charge < -0.3 is 5.73 Å². The van der Waals surface area contributed by atoms with Gasteiger partial charge in [-0.1, -0.05) is 12.2 Å². The highest BCUT2D eigenvalue weighted by molar-refractivity contribution is 5.71. The van der Waals surface area contributed by atoms with Gasteiger partial charge in [-0.25, -0.2) is 4.79 Å². The molecule has 2 amide bonds. The molecule has 2 atom stereocenters. The summed E-state index contributed by atoms with van der Waals surface area (Å²) in [5.74, 6) is 0. The summed E-state index contributed by atoms with van der Waals surface area (Å²) in [5, 5.41) is 1.26. The highest BCUT2D eigenvalue weighted by atomic mass is 16.7. The molecule has 2 heterocycles. The van der Waals surface area contributed by atoms with Gasteiger partial charge in [-0.15, -0.1) is 0 Å². The van der Waals surface area contributed by atoms with Gasteiger partial charge in [-0.05, 0) is 12.8 Å². The quantitative estimate of drug-likeness (QED) is 0.513. The summed E-state index contributed by atoms with van der Waals surface area (Å²) < 4.78 is 0. The van der Waals surface area contributed by atoms with E-state index < -0.39 is 6.03 Å². The Labute approximate surface area is 64.6 Å². The zero-order chi connectivity index (χ0) is 7.84. The van der Waals surface area contributed by atoms with Crippen LogP contribution in [0.3, 0.4) is 0 Å². The van der Waals surface area contributed by atoms with Gasteiger partial charge in [0.25, 0.3) is 0 Å². The molecular formula is C7H10N2O2. The van der Waals surface area contributed by atoms with E-state index in [1.54, 1.807) is 0 Å². The Morgan fingerprint density at radius 2 is 2.36 bits per heavy atom. The second kappa shape index (κ2) is 2.23. The van der Waals surface area contributed by atoms with Crippen molar-refractivity contribution in [3.8, 4) is 0 Å². The van der Waals surface area contributed by atoms with Crippen LogP contribution in [0, 0.1) is 0 Å². The van der Waals surface area contributed by atoms with Gasteiger partial charge in [0.1, 0.15) is 6.10 Å². The second-order valence-electron chi connectivity index (χ2n) is 2.84. The van der Waals surface area contributed by atoms with Crippen molar-refractivity contribution >= 4 is 6.03 Å². The molecule has 0 saturated carbocycles. The number of carbonyl (C=O) groups is 1. The lowest BCUT2D eigenvalue weighted by Crippen LogP contribution is -2.50. The van der Waals surface area contributed by atoms with Crippen molar-refractivity contribution in [1.82, 2.24) is 5.06 Å². The molecule has 2 bridgehead atoms. The van der Waals surface area contributed by atoms with Crippen LogP contribution in [0.15, 0.2) is 12.2 Å². The molecule has 4 nitrogen and oxygen atoms in total. The Hall–Kier alpha value is -1.03. The lowest BCUT2D eigenvalue weighted by molar-refractivity contribution is -0.193. The number of hydrogen-bond donors (Lipinski definition) is 1. The molecule has 2 aliphatic heterocycles. The summed E-state index contributed by atoms with van der Waals surface area (Å²) in [4.78, 5) is 16.0. The molecule has 1 saturated heterocycles. The normalized spacial score (nSPS) is 34.4. The third-order valence-electron chi connectivity index (χ3n) is 2.06. The van der Waals surface area contributed by atoms with Crippen LogP contribution in [0.1, 0.15) is 12.8 Å². The van der Waals surface area contributed by atoms with Crippen molar-refractivity contribution < 1.29 is 9.63 Å². The molecular weight excluding hydrogens is 144 g/mol. The maximum Gasteiger partial charge on any atom is 0.339 e. The van der Waals surface area contributed by atoms with E-state index in [9.17, 15) is 4.79 Å². The molecule has 3 aliphatic rings. The topological polar surface area (TPSA) is 55.6 Å². The highest BCUT2D eigenvalue weighted by Gasteiger charge is 2.32. The van der Waals surface area contributed by atoms with Crippen LogP contribution in [0.5, 0.6) is 0 Å². The maximum atomic E-state index is 10.7. The van der Waals surface area contributed by atoms with Crippen molar-refractivity contribution in [2.45, 2.75) is 25.0 Å². The van der Waals surface area contributed by atoms with Crippen LogP contribution < -0.4 is 5.73 Å². The lowest BCUT2D eigenvalue weighted by atomic mass is 9.99. The third-order valence-corrected chi connectivity index (χ3v) is 2.06. The first-order valence-corrected chi connectivity index (χ1v) is 3.71. The molecule has 60 valence electrons. The fourth-order valence-corrected chi connectivity index (χ4v) is 1.50. The van der Waals surface area contributed by atoms with E-state index in [0.717, 1.165) is 12.8 Å². The molecule has 0 aromatic rings. The van der Waals surface area contributed by atoms with Crippen LogP contribution in [0.2, 0.25) is 0 Å². The van der Waals surface area contributed by atoms with Gasteiger partial charge in [0.05, 0.1) is 6.04 Å². The second-order valence-corrected chi connectivity index (χ2v) is 2.84. The Balaban J connectivity index is 2.17. The Morgan fingerprint density at radius 1 is 1.55 bits per heavy atom. The largest absolute Gasteiger partial charge is 0.350 e. The Bertz CT molecular complexity index is 214. The lowest BCUT2D eigenvalue weighted by Gasteiger charge is -2.38. The molecule has 0 radical (unpaired) electrons.